The van der Waals surface area contributed by atoms with Gasteiger partial charge in [0.05, 0.1) is 13.7 Å². The number of benzene rings is 1. The van der Waals surface area contributed by atoms with E-state index in [4.69, 9.17) is 9.47 Å². The van der Waals surface area contributed by atoms with Crippen molar-refractivity contribution in [2.24, 2.45) is 5.41 Å². The van der Waals surface area contributed by atoms with Crippen LogP contribution < -0.4 is 4.74 Å². The zero-order chi connectivity index (χ0) is 12.7. The van der Waals surface area contributed by atoms with E-state index in [1.165, 1.54) is 12.0 Å². The van der Waals surface area contributed by atoms with Crippen LogP contribution in [0.4, 0.5) is 0 Å². The minimum atomic E-state index is 0.406. The fourth-order valence-corrected chi connectivity index (χ4v) is 1.62. The second-order valence-electron chi connectivity index (χ2n) is 5.56. The predicted molar refractivity (Wildman–Crippen MR) is 71.3 cm³/mol. The zero-order valence-electron chi connectivity index (χ0n) is 11.5. The Hall–Kier alpha value is -1.02. The van der Waals surface area contributed by atoms with Crippen molar-refractivity contribution in [1.29, 1.82) is 0 Å². The first-order chi connectivity index (χ1) is 8.01. The van der Waals surface area contributed by atoms with Gasteiger partial charge in [-0.1, -0.05) is 32.9 Å². The fourth-order valence-electron chi connectivity index (χ4n) is 1.62. The Balaban J connectivity index is 2.18. The van der Waals surface area contributed by atoms with Gasteiger partial charge in [0.25, 0.3) is 0 Å². The lowest BCUT2D eigenvalue weighted by Gasteiger charge is -2.17. The number of hydrogen-bond donors (Lipinski definition) is 0. The van der Waals surface area contributed by atoms with E-state index in [-0.39, 0.29) is 0 Å². The minimum absolute atomic E-state index is 0.406. The van der Waals surface area contributed by atoms with Crippen LogP contribution >= 0.6 is 0 Å². The molecule has 0 atom stereocenters. The third kappa shape index (κ3) is 6.32. The van der Waals surface area contributed by atoms with Crippen molar-refractivity contribution in [2.45, 2.75) is 40.2 Å². The molecule has 0 spiro atoms. The molecule has 0 N–H and O–H groups in total. The van der Waals surface area contributed by atoms with Crippen molar-refractivity contribution < 1.29 is 9.47 Å². The lowest BCUT2D eigenvalue weighted by molar-refractivity contribution is 0.110. The van der Waals surface area contributed by atoms with Crippen molar-refractivity contribution in [2.75, 3.05) is 13.7 Å². The molecule has 1 aromatic carbocycles. The molecular weight excluding hydrogens is 212 g/mol. The zero-order valence-corrected chi connectivity index (χ0v) is 11.5. The van der Waals surface area contributed by atoms with Gasteiger partial charge in [-0.3, -0.25) is 0 Å². The largest absolute Gasteiger partial charge is 0.497 e. The first-order valence-electron chi connectivity index (χ1n) is 6.22. The van der Waals surface area contributed by atoms with Crippen molar-refractivity contribution >= 4 is 0 Å². The molecule has 1 rings (SSSR count). The molecule has 0 aromatic heterocycles. The molecule has 0 aliphatic rings. The van der Waals surface area contributed by atoms with Crippen molar-refractivity contribution in [3.8, 4) is 5.75 Å². The molecule has 0 unspecified atom stereocenters. The summed E-state index contributed by atoms with van der Waals surface area (Å²) in [5.41, 5.74) is 1.60. The van der Waals surface area contributed by atoms with Gasteiger partial charge in [0.1, 0.15) is 5.75 Å². The highest BCUT2D eigenvalue weighted by Gasteiger charge is 2.08. The first-order valence-corrected chi connectivity index (χ1v) is 6.22. The highest BCUT2D eigenvalue weighted by molar-refractivity contribution is 5.26. The molecule has 0 bridgehead atoms. The van der Waals surface area contributed by atoms with Gasteiger partial charge in [-0.05, 0) is 36.0 Å². The van der Waals surface area contributed by atoms with Gasteiger partial charge >= 0.3 is 0 Å². The fraction of sp³-hybridized carbons (Fsp3) is 0.600. The van der Waals surface area contributed by atoms with Crippen LogP contribution in [0.25, 0.3) is 0 Å². The Morgan fingerprint density at radius 3 is 2.24 bits per heavy atom. The molecule has 0 saturated heterocycles. The molecule has 0 heterocycles. The van der Waals surface area contributed by atoms with E-state index in [9.17, 15) is 0 Å². The van der Waals surface area contributed by atoms with E-state index in [0.717, 1.165) is 18.8 Å². The lowest BCUT2D eigenvalue weighted by Crippen LogP contribution is -2.06. The summed E-state index contributed by atoms with van der Waals surface area (Å²) in [6.45, 7) is 8.31. The normalized spacial score (nSPS) is 11.5. The molecule has 0 saturated carbocycles. The maximum absolute atomic E-state index is 5.65. The maximum Gasteiger partial charge on any atom is 0.118 e. The monoisotopic (exact) mass is 236 g/mol. The van der Waals surface area contributed by atoms with Crippen LogP contribution in [0.2, 0.25) is 0 Å². The van der Waals surface area contributed by atoms with Crippen LogP contribution in [-0.2, 0) is 11.3 Å². The minimum Gasteiger partial charge on any atom is -0.497 e. The van der Waals surface area contributed by atoms with Gasteiger partial charge in [0.2, 0.25) is 0 Å². The molecule has 0 radical (unpaired) electrons. The summed E-state index contributed by atoms with van der Waals surface area (Å²) in [4.78, 5) is 0. The third-order valence-corrected chi connectivity index (χ3v) is 2.64. The van der Waals surface area contributed by atoms with Crippen LogP contribution in [0, 0.1) is 5.41 Å². The average Bonchev–Trinajstić information content (AvgIpc) is 2.28. The molecule has 2 heteroatoms. The van der Waals surface area contributed by atoms with Gasteiger partial charge in [0, 0.05) is 6.61 Å². The Labute approximate surface area is 105 Å². The van der Waals surface area contributed by atoms with Crippen molar-refractivity contribution in [3.63, 3.8) is 0 Å². The molecule has 1 aromatic rings. The maximum atomic E-state index is 5.65. The number of methoxy groups -OCH3 is 1. The van der Waals surface area contributed by atoms with Crippen LogP contribution in [0.3, 0.4) is 0 Å². The molecule has 2 nitrogen and oxygen atoms in total. The van der Waals surface area contributed by atoms with Crippen molar-refractivity contribution in [3.05, 3.63) is 29.8 Å². The van der Waals surface area contributed by atoms with E-state index >= 15 is 0 Å². The molecule has 96 valence electrons. The second kappa shape index (κ2) is 6.65. The Morgan fingerprint density at radius 2 is 1.71 bits per heavy atom. The average molecular weight is 236 g/mol. The molecular formula is C15H24O2. The van der Waals surface area contributed by atoms with E-state index < -0.39 is 0 Å². The molecule has 0 aliphatic carbocycles. The van der Waals surface area contributed by atoms with E-state index in [1.807, 2.05) is 24.3 Å². The smallest absolute Gasteiger partial charge is 0.118 e. The second-order valence-corrected chi connectivity index (χ2v) is 5.56. The van der Waals surface area contributed by atoms with Crippen LogP contribution in [-0.4, -0.2) is 13.7 Å². The predicted octanol–water partition coefficient (Wildman–Crippen LogP) is 4.04. The first kappa shape index (κ1) is 14.0. The summed E-state index contributed by atoms with van der Waals surface area (Å²) in [6.07, 6.45) is 2.33. The van der Waals surface area contributed by atoms with Gasteiger partial charge in [0.15, 0.2) is 0 Å². The lowest BCUT2D eigenvalue weighted by atomic mass is 9.91. The van der Waals surface area contributed by atoms with Crippen molar-refractivity contribution in [1.82, 2.24) is 0 Å². The van der Waals surface area contributed by atoms with Gasteiger partial charge < -0.3 is 9.47 Å². The van der Waals surface area contributed by atoms with E-state index in [2.05, 4.69) is 20.8 Å². The topological polar surface area (TPSA) is 18.5 Å². The van der Waals surface area contributed by atoms with Crippen LogP contribution in [0.1, 0.15) is 39.2 Å². The molecule has 0 amide bonds. The van der Waals surface area contributed by atoms with Gasteiger partial charge in [-0.2, -0.15) is 0 Å². The quantitative estimate of drug-likeness (QED) is 0.694. The Kier molecular flexibility index (Phi) is 5.49. The van der Waals surface area contributed by atoms with Gasteiger partial charge in [-0.15, -0.1) is 0 Å². The van der Waals surface area contributed by atoms with E-state index in [1.54, 1.807) is 7.11 Å². The highest BCUT2D eigenvalue weighted by atomic mass is 16.5. The van der Waals surface area contributed by atoms with Crippen LogP contribution in [0.15, 0.2) is 24.3 Å². The third-order valence-electron chi connectivity index (χ3n) is 2.64. The summed E-state index contributed by atoms with van der Waals surface area (Å²) in [5.74, 6) is 0.890. The molecule has 0 aliphatic heterocycles. The van der Waals surface area contributed by atoms with Gasteiger partial charge in [-0.25, -0.2) is 0 Å². The summed E-state index contributed by atoms with van der Waals surface area (Å²) in [5, 5.41) is 0. The van der Waals surface area contributed by atoms with E-state index in [0.29, 0.717) is 12.0 Å². The Morgan fingerprint density at radius 1 is 1.06 bits per heavy atom. The highest BCUT2D eigenvalue weighted by Crippen LogP contribution is 2.20. The summed E-state index contributed by atoms with van der Waals surface area (Å²) < 4.78 is 10.8. The number of hydrogen-bond acceptors (Lipinski definition) is 2. The number of rotatable bonds is 6. The number of ether oxygens (including phenoxy) is 2. The molecule has 0 fully saturated rings. The Bertz CT molecular complexity index is 309. The van der Waals surface area contributed by atoms with Crippen LogP contribution in [0.5, 0.6) is 5.75 Å². The molecule has 17 heavy (non-hydrogen) atoms. The summed E-state index contributed by atoms with van der Waals surface area (Å²) in [7, 11) is 1.68. The summed E-state index contributed by atoms with van der Waals surface area (Å²) in [6, 6.07) is 8.02. The summed E-state index contributed by atoms with van der Waals surface area (Å²) >= 11 is 0. The SMILES string of the molecule is COc1ccc(COCCCC(C)(C)C)cc1. The standard InChI is InChI=1S/C15H24O2/c1-15(2,3)10-5-11-17-12-13-6-8-14(16-4)9-7-13/h6-9H,5,10-12H2,1-4H3.